The number of ketones is 1. The van der Waals surface area contributed by atoms with Crippen LogP contribution in [0.3, 0.4) is 0 Å². The summed E-state index contributed by atoms with van der Waals surface area (Å²) in [7, 11) is -1.71. The number of Topliss-reactive ketones (excluding diaryl/α,β-unsaturated/α-hetero) is 1. The molecule has 1 aliphatic carbocycles. The van der Waals surface area contributed by atoms with Crippen LogP contribution in [0.2, 0.25) is 18.1 Å². The van der Waals surface area contributed by atoms with E-state index in [0.717, 1.165) is 38.7 Å². The van der Waals surface area contributed by atoms with Crippen LogP contribution in [0.15, 0.2) is 12.2 Å². The minimum absolute atomic E-state index is 0.00946. The van der Waals surface area contributed by atoms with Gasteiger partial charge in [0.1, 0.15) is 9.93 Å². The zero-order chi connectivity index (χ0) is 17.8. The van der Waals surface area contributed by atoms with Gasteiger partial charge in [-0.15, -0.1) is 0 Å². The van der Waals surface area contributed by atoms with E-state index in [1.807, 2.05) is 0 Å². The summed E-state index contributed by atoms with van der Waals surface area (Å²) in [5.74, 6) is 0.411. The maximum absolute atomic E-state index is 12.9. The molecule has 136 valence electrons. The van der Waals surface area contributed by atoms with E-state index in [1.165, 1.54) is 0 Å². The first-order valence-electron chi connectivity index (χ1n) is 9.27. The van der Waals surface area contributed by atoms with Crippen LogP contribution >= 0.6 is 15.9 Å². The predicted molar refractivity (Wildman–Crippen MR) is 103 cm³/mol. The Morgan fingerprint density at radius 2 is 2.12 bits per heavy atom. The summed E-state index contributed by atoms with van der Waals surface area (Å²) in [5.41, 5.74) is -0.470. The highest BCUT2D eigenvalue weighted by atomic mass is 79.9. The zero-order valence-electron chi connectivity index (χ0n) is 15.7. The van der Waals surface area contributed by atoms with Crippen molar-refractivity contribution < 1.29 is 14.0 Å². The predicted octanol–water partition coefficient (Wildman–Crippen LogP) is 5.00. The lowest BCUT2D eigenvalue weighted by Gasteiger charge is -2.52. The average molecular weight is 415 g/mol. The number of hydrogen-bond acceptors (Lipinski definition) is 3. The molecule has 0 aromatic carbocycles. The van der Waals surface area contributed by atoms with Crippen molar-refractivity contribution in [1.29, 1.82) is 0 Å². The van der Waals surface area contributed by atoms with Crippen LogP contribution < -0.4 is 0 Å². The number of carbonyl (C=O) groups excluding carboxylic acids is 1. The summed E-state index contributed by atoms with van der Waals surface area (Å²) < 4.78 is 12.2. The van der Waals surface area contributed by atoms with E-state index in [2.05, 4.69) is 61.9 Å². The van der Waals surface area contributed by atoms with Crippen molar-refractivity contribution in [2.24, 2.45) is 5.92 Å². The summed E-state index contributed by atoms with van der Waals surface area (Å²) in [4.78, 5) is 12.9. The van der Waals surface area contributed by atoms with Crippen LogP contribution in [-0.2, 0) is 14.0 Å². The number of halogens is 1. The minimum atomic E-state index is -1.71. The Labute approximate surface area is 155 Å². The van der Waals surface area contributed by atoms with E-state index < -0.39 is 18.2 Å². The second-order valence-electron chi connectivity index (χ2n) is 9.21. The fourth-order valence-electron chi connectivity index (χ4n) is 4.08. The smallest absolute Gasteiger partial charge is 0.191 e. The topological polar surface area (TPSA) is 35.5 Å². The van der Waals surface area contributed by atoms with Crippen molar-refractivity contribution in [2.75, 3.05) is 6.61 Å². The summed E-state index contributed by atoms with van der Waals surface area (Å²) in [6.07, 6.45) is 9.00. The Hall–Kier alpha value is 0.0269. The Bertz CT molecular complexity index is 553. The Kier molecular flexibility index (Phi) is 4.73. The molecule has 3 nitrogen and oxygen atoms in total. The average Bonchev–Trinajstić information content (AvgIpc) is 2.89. The minimum Gasteiger partial charge on any atom is -0.417 e. The molecule has 0 radical (unpaired) electrons. The summed E-state index contributed by atoms with van der Waals surface area (Å²) in [5, 5.41) is 0.230. The van der Waals surface area contributed by atoms with Gasteiger partial charge in [-0.05, 0) is 43.8 Å². The zero-order valence-corrected chi connectivity index (χ0v) is 18.2. The van der Waals surface area contributed by atoms with Gasteiger partial charge in [-0.25, -0.2) is 0 Å². The highest BCUT2D eigenvalue weighted by molar-refractivity contribution is 9.10. The molecule has 0 amide bonds. The molecule has 2 heterocycles. The first kappa shape index (κ1) is 18.8. The van der Waals surface area contributed by atoms with Gasteiger partial charge in [0.15, 0.2) is 14.1 Å². The third-order valence-electron chi connectivity index (χ3n) is 6.69. The molecule has 2 aliphatic heterocycles. The van der Waals surface area contributed by atoms with E-state index in [4.69, 9.17) is 9.16 Å². The fraction of sp³-hybridized carbons (Fsp3) is 0.842. The second kappa shape index (κ2) is 6.03. The molecule has 24 heavy (non-hydrogen) atoms. The van der Waals surface area contributed by atoms with E-state index in [-0.39, 0.29) is 17.1 Å². The Balaban J connectivity index is 1.65. The van der Waals surface area contributed by atoms with E-state index in [0.29, 0.717) is 5.78 Å². The number of carbonyl (C=O) groups is 1. The first-order valence-corrected chi connectivity index (χ1v) is 13.0. The lowest BCUT2D eigenvalue weighted by Crippen LogP contribution is -2.63. The first-order chi connectivity index (χ1) is 11.0. The van der Waals surface area contributed by atoms with Gasteiger partial charge in [0, 0.05) is 12.5 Å². The van der Waals surface area contributed by atoms with Crippen LogP contribution in [0.1, 0.15) is 52.9 Å². The molecule has 2 fully saturated rings. The van der Waals surface area contributed by atoms with Crippen LogP contribution in [0, 0.1) is 5.92 Å². The second-order valence-corrected chi connectivity index (χ2v) is 15.4. The van der Waals surface area contributed by atoms with Gasteiger partial charge in [-0.3, -0.25) is 4.79 Å². The number of alkyl halides is 1. The summed E-state index contributed by atoms with van der Waals surface area (Å²) in [6.45, 7) is 12.1. The van der Waals surface area contributed by atoms with Crippen molar-refractivity contribution in [3.8, 4) is 0 Å². The molecular formula is C19H31BrO3Si. The van der Waals surface area contributed by atoms with Crippen LogP contribution in [0.25, 0.3) is 0 Å². The van der Waals surface area contributed by atoms with Crippen LogP contribution in [0.4, 0.5) is 0 Å². The standard InChI is InChI=1S/C19H31BrO3Si/c1-17(2,3)24(4,5)22-13-7-10-18-12-9-15(23-18)14-8-6-11-19(18,20)16(14)21/h9,12,14-15H,6-8,10-11,13H2,1-5H3. The van der Waals surface area contributed by atoms with E-state index >= 15 is 0 Å². The number of rotatable bonds is 5. The van der Waals surface area contributed by atoms with E-state index in [9.17, 15) is 4.79 Å². The summed E-state index contributed by atoms with van der Waals surface area (Å²) >= 11 is 3.83. The number of hydrogen-bond donors (Lipinski definition) is 0. The van der Waals surface area contributed by atoms with Gasteiger partial charge in [-0.2, -0.15) is 0 Å². The molecule has 0 N–H and O–H groups in total. The monoisotopic (exact) mass is 414 g/mol. The van der Waals surface area contributed by atoms with Crippen LogP contribution in [0.5, 0.6) is 0 Å². The lowest BCUT2D eigenvalue weighted by molar-refractivity contribution is -0.163. The normalized spacial score (nSPS) is 38.7. The summed E-state index contributed by atoms with van der Waals surface area (Å²) in [6, 6.07) is 0. The van der Waals surface area contributed by atoms with Gasteiger partial charge in [0.2, 0.25) is 0 Å². The molecule has 0 aromatic heterocycles. The number of ether oxygens (including phenoxy) is 1. The third kappa shape index (κ3) is 2.80. The third-order valence-corrected chi connectivity index (χ3v) is 12.7. The molecule has 4 bridgehead atoms. The molecular weight excluding hydrogens is 384 g/mol. The number of fused-ring (bicyclic) bond motifs is 6. The molecule has 1 saturated carbocycles. The maximum atomic E-state index is 12.9. The van der Waals surface area contributed by atoms with Gasteiger partial charge in [0.25, 0.3) is 0 Å². The maximum Gasteiger partial charge on any atom is 0.191 e. The Morgan fingerprint density at radius 3 is 2.79 bits per heavy atom. The largest absolute Gasteiger partial charge is 0.417 e. The molecule has 4 unspecified atom stereocenters. The highest BCUT2D eigenvalue weighted by Gasteiger charge is 2.64. The van der Waals surface area contributed by atoms with Gasteiger partial charge < -0.3 is 9.16 Å². The van der Waals surface area contributed by atoms with Crippen molar-refractivity contribution in [1.82, 2.24) is 0 Å². The molecule has 0 aromatic rings. The molecule has 3 aliphatic rings. The molecule has 4 atom stereocenters. The molecule has 3 rings (SSSR count). The van der Waals surface area contributed by atoms with Gasteiger partial charge in [0.05, 0.1) is 6.10 Å². The van der Waals surface area contributed by atoms with Crippen molar-refractivity contribution in [3.63, 3.8) is 0 Å². The Morgan fingerprint density at radius 1 is 1.42 bits per heavy atom. The highest BCUT2D eigenvalue weighted by Crippen LogP contribution is 2.56. The van der Waals surface area contributed by atoms with E-state index in [1.54, 1.807) is 0 Å². The molecule has 0 spiro atoms. The van der Waals surface area contributed by atoms with Gasteiger partial charge >= 0.3 is 0 Å². The molecule has 5 heteroatoms. The molecule has 1 saturated heterocycles. The quantitative estimate of drug-likeness (QED) is 0.274. The van der Waals surface area contributed by atoms with Crippen LogP contribution in [-0.4, -0.2) is 36.7 Å². The van der Waals surface area contributed by atoms with Crippen molar-refractivity contribution in [2.45, 2.75) is 87.0 Å². The SMILES string of the molecule is CC(C)(C)[Si](C)(C)OCCCC12C=CC(O1)C1CCCC2(Br)C1=O. The fourth-order valence-corrected chi connectivity index (χ4v) is 6.17. The lowest BCUT2D eigenvalue weighted by atomic mass is 9.68. The van der Waals surface area contributed by atoms with Gasteiger partial charge in [-0.1, -0.05) is 55.3 Å². The van der Waals surface area contributed by atoms with Crippen molar-refractivity contribution in [3.05, 3.63) is 12.2 Å². The van der Waals surface area contributed by atoms with Crippen molar-refractivity contribution >= 4 is 30.0 Å².